The highest BCUT2D eigenvalue weighted by atomic mass is 32.2. The number of hydrogen-bond donors (Lipinski definition) is 0. The van der Waals surface area contributed by atoms with Crippen molar-refractivity contribution in [3.05, 3.63) is 69.8 Å². The van der Waals surface area contributed by atoms with Gasteiger partial charge < -0.3 is 4.74 Å². The molecule has 2 aromatic rings. The van der Waals surface area contributed by atoms with Crippen LogP contribution >= 0.6 is 0 Å². The number of nitro benzene ring substituents is 1. The Morgan fingerprint density at radius 2 is 1.65 bits per heavy atom. The van der Waals surface area contributed by atoms with Crippen molar-refractivity contribution in [2.75, 3.05) is 6.26 Å². The standard InChI is InChI=1S/C15H13NO6S/c1-23(20,21)10-11-2-4-12(5-3-11)15(17)22-14-8-6-13(7-9-14)16(18)19/h2-9H,10H2,1H3. The Morgan fingerprint density at radius 3 is 2.13 bits per heavy atom. The zero-order chi connectivity index (χ0) is 17.0. The van der Waals surface area contributed by atoms with Crippen LogP contribution in [0.2, 0.25) is 0 Å². The van der Waals surface area contributed by atoms with Crippen LogP contribution in [0.15, 0.2) is 48.5 Å². The van der Waals surface area contributed by atoms with E-state index in [0.29, 0.717) is 5.56 Å². The third-order valence-electron chi connectivity index (χ3n) is 2.88. The number of non-ortho nitro benzene ring substituents is 1. The summed E-state index contributed by atoms with van der Waals surface area (Å²) in [7, 11) is -3.14. The Bertz CT molecular complexity index is 825. The third-order valence-corrected chi connectivity index (χ3v) is 3.73. The third kappa shape index (κ3) is 4.89. The maximum absolute atomic E-state index is 12.0. The number of carbonyl (C=O) groups excluding carboxylic acids is 1. The maximum Gasteiger partial charge on any atom is 0.343 e. The van der Waals surface area contributed by atoms with E-state index in [2.05, 4.69) is 0 Å². The quantitative estimate of drug-likeness (QED) is 0.359. The first-order valence-corrected chi connectivity index (χ1v) is 8.54. The van der Waals surface area contributed by atoms with Crippen molar-refractivity contribution in [3.63, 3.8) is 0 Å². The van der Waals surface area contributed by atoms with Crippen LogP contribution in [0, 0.1) is 10.1 Å². The number of carbonyl (C=O) groups is 1. The molecule has 0 fully saturated rings. The lowest BCUT2D eigenvalue weighted by atomic mass is 10.1. The summed E-state index contributed by atoms with van der Waals surface area (Å²) in [6.45, 7) is 0. The minimum atomic E-state index is -3.14. The first-order valence-electron chi connectivity index (χ1n) is 6.48. The molecule has 0 unspecified atom stereocenters. The van der Waals surface area contributed by atoms with Crippen LogP contribution in [0.3, 0.4) is 0 Å². The number of ether oxygens (including phenoxy) is 1. The second kappa shape index (κ2) is 6.57. The lowest BCUT2D eigenvalue weighted by Gasteiger charge is -2.05. The fraction of sp³-hybridized carbons (Fsp3) is 0.133. The minimum Gasteiger partial charge on any atom is -0.423 e. The topological polar surface area (TPSA) is 104 Å². The predicted octanol–water partition coefficient (Wildman–Crippen LogP) is 2.36. The van der Waals surface area contributed by atoms with E-state index in [0.717, 1.165) is 6.26 Å². The van der Waals surface area contributed by atoms with Gasteiger partial charge in [0.1, 0.15) is 5.75 Å². The molecule has 2 aromatic carbocycles. The molecule has 0 spiro atoms. The molecule has 0 saturated carbocycles. The fourth-order valence-electron chi connectivity index (χ4n) is 1.84. The number of nitrogens with zero attached hydrogens (tertiary/aromatic N) is 1. The molecule has 0 heterocycles. The van der Waals surface area contributed by atoms with E-state index in [9.17, 15) is 23.3 Å². The average Bonchev–Trinajstić information content (AvgIpc) is 2.46. The number of sulfone groups is 1. The van der Waals surface area contributed by atoms with Crippen LogP contribution in [0.4, 0.5) is 5.69 Å². The molecule has 2 rings (SSSR count). The summed E-state index contributed by atoms with van der Waals surface area (Å²) >= 11 is 0. The van der Waals surface area contributed by atoms with E-state index in [1.54, 1.807) is 0 Å². The van der Waals surface area contributed by atoms with E-state index in [1.807, 2.05) is 0 Å². The second-order valence-electron chi connectivity index (χ2n) is 4.91. The average molecular weight is 335 g/mol. The highest BCUT2D eigenvalue weighted by Gasteiger charge is 2.11. The molecular formula is C15H13NO6S. The summed E-state index contributed by atoms with van der Waals surface area (Å²) in [6, 6.07) is 11.1. The molecule has 120 valence electrons. The molecule has 0 bridgehead atoms. The van der Waals surface area contributed by atoms with Crippen molar-refractivity contribution in [2.45, 2.75) is 5.75 Å². The van der Waals surface area contributed by atoms with Gasteiger partial charge in [0, 0.05) is 18.4 Å². The molecule has 0 aliphatic heterocycles. The van der Waals surface area contributed by atoms with Gasteiger partial charge in [0.05, 0.1) is 16.2 Å². The van der Waals surface area contributed by atoms with Gasteiger partial charge in [-0.25, -0.2) is 13.2 Å². The van der Waals surface area contributed by atoms with Gasteiger partial charge in [-0.15, -0.1) is 0 Å². The van der Waals surface area contributed by atoms with Gasteiger partial charge in [-0.05, 0) is 29.8 Å². The summed E-state index contributed by atoms with van der Waals surface area (Å²) in [5.41, 5.74) is 0.718. The largest absolute Gasteiger partial charge is 0.423 e. The number of nitro groups is 1. The molecule has 0 aliphatic carbocycles. The van der Waals surface area contributed by atoms with Crippen LogP contribution in [0.1, 0.15) is 15.9 Å². The molecule has 0 atom stereocenters. The maximum atomic E-state index is 12.0. The fourth-order valence-corrected chi connectivity index (χ4v) is 2.64. The molecule has 0 saturated heterocycles. The van der Waals surface area contributed by atoms with Crippen molar-refractivity contribution in [3.8, 4) is 5.75 Å². The Balaban J connectivity index is 2.07. The van der Waals surface area contributed by atoms with Crippen LogP contribution in [0.5, 0.6) is 5.75 Å². The molecule has 7 nitrogen and oxygen atoms in total. The van der Waals surface area contributed by atoms with Crippen molar-refractivity contribution >= 4 is 21.5 Å². The molecule has 8 heteroatoms. The van der Waals surface area contributed by atoms with Gasteiger partial charge in [0.15, 0.2) is 9.84 Å². The van der Waals surface area contributed by atoms with E-state index in [-0.39, 0.29) is 22.8 Å². The van der Waals surface area contributed by atoms with Gasteiger partial charge in [0.25, 0.3) is 5.69 Å². The Hall–Kier alpha value is -2.74. The molecule has 0 aliphatic rings. The van der Waals surface area contributed by atoms with Crippen molar-refractivity contribution in [2.24, 2.45) is 0 Å². The van der Waals surface area contributed by atoms with Crippen LogP contribution in [-0.2, 0) is 15.6 Å². The predicted molar refractivity (Wildman–Crippen MR) is 83.0 cm³/mol. The summed E-state index contributed by atoms with van der Waals surface area (Å²) in [5.74, 6) is -0.560. The molecule has 0 radical (unpaired) electrons. The Morgan fingerprint density at radius 1 is 1.09 bits per heavy atom. The lowest BCUT2D eigenvalue weighted by Crippen LogP contribution is -2.09. The van der Waals surface area contributed by atoms with E-state index in [1.165, 1.54) is 48.5 Å². The number of hydrogen-bond acceptors (Lipinski definition) is 6. The van der Waals surface area contributed by atoms with Crippen molar-refractivity contribution in [1.29, 1.82) is 0 Å². The zero-order valence-electron chi connectivity index (χ0n) is 12.1. The van der Waals surface area contributed by atoms with Gasteiger partial charge >= 0.3 is 5.97 Å². The second-order valence-corrected chi connectivity index (χ2v) is 7.05. The van der Waals surface area contributed by atoms with E-state index < -0.39 is 20.7 Å². The van der Waals surface area contributed by atoms with Crippen LogP contribution in [-0.4, -0.2) is 25.6 Å². The molecule has 23 heavy (non-hydrogen) atoms. The highest BCUT2D eigenvalue weighted by molar-refractivity contribution is 7.89. The lowest BCUT2D eigenvalue weighted by molar-refractivity contribution is -0.384. The summed E-state index contributed by atoms with van der Waals surface area (Å²) in [6.07, 6.45) is 1.13. The molecule has 0 N–H and O–H groups in total. The monoisotopic (exact) mass is 335 g/mol. The molecule has 0 aromatic heterocycles. The Labute approximate surface area is 132 Å². The zero-order valence-corrected chi connectivity index (χ0v) is 12.9. The summed E-state index contributed by atoms with van der Waals surface area (Å²) < 4.78 is 27.5. The smallest absolute Gasteiger partial charge is 0.343 e. The van der Waals surface area contributed by atoms with E-state index in [4.69, 9.17) is 4.74 Å². The van der Waals surface area contributed by atoms with Crippen molar-refractivity contribution < 1.29 is 22.9 Å². The molecule has 0 amide bonds. The SMILES string of the molecule is CS(=O)(=O)Cc1ccc(C(=O)Oc2ccc([N+](=O)[O-])cc2)cc1. The first kappa shape index (κ1) is 16.6. The van der Waals surface area contributed by atoms with Crippen LogP contribution in [0.25, 0.3) is 0 Å². The Kier molecular flexibility index (Phi) is 4.75. The van der Waals surface area contributed by atoms with Gasteiger partial charge in [-0.3, -0.25) is 10.1 Å². The minimum absolute atomic E-state index is 0.102. The first-order chi connectivity index (χ1) is 10.7. The number of benzene rings is 2. The van der Waals surface area contributed by atoms with Crippen LogP contribution < -0.4 is 4.74 Å². The molecular weight excluding hydrogens is 322 g/mol. The summed E-state index contributed by atoms with van der Waals surface area (Å²) in [4.78, 5) is 21.9. The van der Waals surface area contributed by atoms with Gasteiger partial charge in [-0.2, -0.15) is 0 Å². The van der Waals surface area contributed by atoms with E-state index >= 15 is 0 Å². The van der Waals surface area contributed by atoms with Gasteiger partial charge in [0.2, 0.25) is 0 Å². The highest BCUT2D eigenvalue weighted by Crippen LogP contribution is 2.18. The normalized spacial score (nSPS) is 11.0. The summed E-state index contributed by atoms with van der Waals surface area (Å²) in [5, 5.41) is 10.5. The number of esters is 1. The van der Waals surface area contributed by atoms with Crippen molar-refractivity contribution in [1.82, 2.24) is 0 Å². The van der Waals surface area contributed by atoms with Gasteiger partial charge in [-0.1, -0.05) is 12.1 Å². The number of rotatable bonds is 5.